The molecule has 0 aliphatic rings. The molecule has 3 nitrogen and oxygen atoms in total. The van der Waals surface area contributed by atoms with E-state index in [0.717, 1.165) is 23.0 Å². The molecule has 0 saturated carbocycles. The largest absolute Gasteiger partial charge is 0.497 e. The first-order valence-electron chi connectivity index (χ1n) is 4.85. The Bertz CT molecular complexity index is 413. The summed E-state index contributed by atoms with van der Waals surface area (Å²) >= 11 is 0. The van der Waals surface area contributed by atoms with Gasteiger partial charge < -0.3 is 9.84 Å². The van der Waals surface area contributed by atoms with E-state index in [4.69, 9.17) is 9.84 Å². The van der Waals surface area contributed by atoms with Crippen molar-refractivity contribution in [3.8, 4) is 5.75 Å². The summed E-state index contributed by atoms with van der Waals surface area (Å²) in [5.41, 5.74) is 1.89. The zero-order valence-electron chi connectivity index (χ0n) is 9.31. The third-order valence-electron chi connectivity index (χ3n) is 2.00. The van der Waals surface area contributed by atoms with E-state index in [2.05, 4.69) is 0 Å². The number of allylic oxidation sites excluding steroid dienone is 2. The molecule has 0 aliphatic carbocycles. The molecule has 1 rings (SSSR count). The molecule has 1 aromatic rings. The van der Waals surface area contributed by atoms with Crippen molar-refractivity contribution in [1.29, 1.82) is 0 Å². The van der Waals surface area contributed by atoms with E-state index < -0.39 is 5.97 Å². The molecule has 0 saturated heterocycles. The van der Waals surface area contributed by atoms with Crippen LogP contribution in [0.2, 0.25) is 0 Å². The predicted molar refractivity (Wildman–Crippen MR) is 63.4 cm³/mol. The highest BCUT2D eigenvalue weighted by Crippen LogP contribution is 2.14. The topological polar surface area (TPSA) is 46.5 Å². The summed E-state index contributed by atoms with van der Waals surface area (Å²) in [6.45, 7) is 1.85. The van der Waals surface area contributed by atoms with Crippen molar-refractivity contribution >= 4 is 12.0 Å². The lowest BCUT2D eigenvalue weighted by molar-refractivity contribution is -0.131. The zero-order valence-corrected chi connectivity index (χ0v) is 9.31. The molecule has 0 unspecified atom stereocenters. The van der Waals surface area contributed by atoms with Gasteiger partial charge in [0, 0.05) is 6.08 Å². The molecule has 84 valence electrons. The van der Waals surface area contributed by atoms with Gasteiger partial charge in [-0.3, -0.25) is 0 Å². The molecular weight excluding hydrogens is 204 g/mol. The quantitative estimate of drug-likeness (QED) is 0.624. The number of carbonyl (C=O) groups is 1. The van der Waals surface area contributed by atoms with E-state index in [1.54, 1.807) is 13.2 Å². The Morgan fingerprint density at radius 3 is 2.38 bits per heavy atom. The number of ether oxygens (including phenoxy) is 1. The summed E-state index contributed by atoms with van der Waals surface area (Å²) in [6, 6.07) is 7.55. The maximum Gasteiger partial charge on any atom is 0.328 e. The number of methoxy groups -OCH3 is 1. The number of carboxylic acid groups (broad SMARTS) is 1. The van der Waals surface area contributed by atoms with Crippen LogP contribution in [0, 0.1) is 0 Å². The maximum absolute atomic E-state index is 10.3. The molecule has 0 radical (unpaired) electrons. The van der Waals surface area contributed by atoms with Crippen LogP contribution in [-0.4, -0.2) is 18.2 Å². The summed E-state index contributed by atoms with van der Waals surface area (Å²) in [5.74, 6) is -0.140. The molecule has 1 N–H and O–H groups in total. The summed E-state index contributed by atoms with van der Waals surface area (Å²) < 4.78 is 5.04. The van der Waals surface area contributed by atoms with Crippen molar-refractivity contribution in [2.45, 2.75) is 6.92 Å². The molecule has 0 heterocycles. The molecule has 0 amide bonds. The van der Waals surface area contributed by atoms with Gasteiger partial charge in [0.15, 0.2) is 0 Å². The van der Waals surface area contributed by atoms with Crippen LogP contribution in [0.3, 0.4) is 0 Å². The summed E-state index contributed by atoms with van der Waals surface area (Å²) in [6.07, 6.45) is 4.58. The van der Waals surface area contributed by atoms with Crippen LogP contribution in [0.15, 0.2) is 42.0 Å². The van der Waals surface area contributed by atoms with Crippen molar-refractivity contribution in [2.75, 3.05) is 7.11 Å². The third-order valence-corrected chi connectivity index (χ3v) is 2.00. The number of carboxylic acids is 1. The molecule has 0 aliphatic heterocycles. The fraction of sp³-hybridized carbons (Fsp3) is 0.154. The Hall–Kier alpha value is -2.03. The number of hydrogen-bond acceptors (Lipinski definition) is 2. The number of rotatable bonds is 4. The molecule has 0 spiro atoms. The molecule has 0 aromatic heterocycles. The second-order valence-electron chi connectivity index (χ2n) is 3.33. The fourth-order valence-electron chi connectivity index (χ4n) is 1.21. The predicted octanol–water partition coefficient (Wildman–Crippen LogP) is 2.74. The fourth-order valence-corrected chi connectivity index (χ4v) is 1.21. The second kappa shape index (κ2) is 5.75. The van der Waals surface area contributed by atoms with Gasteiger partial charge >= 0.3 is 5.97 Å². The first-order valence-corrected chi connectivity index (χ1v) is 4.85. The normalized spacial score (nSPS) is 11.8. The van der Waals surface area contributed by atoms with Crippen molar-refractivity contribution in [3.05, 3.63) is 47.6 Å². The van der Waals surface area contributed by atoms with Gasteiger partial charge in [-0.1, -0.05) is 29.9 Å². The molecule has 0 fully saturated rings. The minimum absolute atomic E-state index is 0.802. The van der Waals surface area contributed by atoms with Crippen LogP contribution in [0.25, 0.3) is 6.08 Å². The maximum atomic E-state index is 10.3. The van der Waals surface area contributed by atoms with Gasteiger partial charge in [0.05, 0.1) is 7.11 Å². The number of aliphatic carboxylic acids is 1. The molecule has 0 atom stereocenters. The van der Waals surface area contributed by atoms with Gasteiger partial charge in [0.1, 0.15) is 5.75 Å². The summed E-state index contributed by atoms with van der Waals surface area (Å²) in [5, 5.41) is 8.47. The number of hydrogen-bond donors (Lipinski definition) is 1. The Labute approximate surface area is 94.7 Å². The van der Waals surface area contributed by atoms with E-state index in [-0.39, 0.29) is 0 Å². The van der Waals surface area contributed by atoms with Crippen LogP contribution in [0.1, 0.15) is 12.5 Å². The van der Waals surface area contributed by atoms with E-state index >= 15 is 0 Å². The Balaban J connectivity index is 2.77. The van der Waals surface area contributed by atoms with Crippen molar-refractivity contribution in [3.63, 3.8) is 0 Å². The van der Waals surface area contributed by atoms with Crippen molar-refractivity contribution in [1.82, 2.24) is 0 Å². The minimum Gasteiger partial charge on any atom is -0.497 e. The van der Waals surface area contributed by atoms with Gasteiger partial charge in [0.25, 0.3) is 0 Å². The zero-order chi connectivity index (χ0) is 12.0. The first-order chi connectivity index (χ1) is 7.61. The van der Waals surface area contributed by atoms with Crippen LogP contribution in [-0.2, 0) is 4.79 Å². The van der Waals surface area contributed by atoms with Crippen molar-refractivity contribution < 1.29 is 14.6 Å². The molecule has 16 heavy (non-hydrogen) atoms. The first kappa shape index (κ1) is 12.0. The van der Waals surface area contributed by atoms with Gasteiger partial charge in [-0.15, -0.1) is 0 Å². The standard InChI is InChI=1S/C13H14O3/c1-10(3-8-13(14)15)9-11-4-6-12(16-2)7-5-11/h3-9H,1-2H3,(H,14,15). The van der Waals surface area contributed by atoms with Gasteiger partial charge in [-0.2, -0.15) is 0 Å². The lowest BCUT2D eigenvalue weighted by Crippen LogP contribution is -1.86. The van der Waals surface area contributed by atoms with Crippen LogP contribution < -0.4 is 4.74 Å². The smallest absolute Gasteiger partial charge is 0.328 e. The van der Waals surface area contributed by atoms with E-state index in [1.165, 1.54) is 0 Å². The summed E-state index contributed by atoms with van der Waals surface area (Å²) in [7, 11) is 1.62. The molecule has 1 aromatic carbocycles. The Kier molecular flexibility index (Phi) is 4.33. The minimum atomic E-state index is -0.942. The van der Waals surface area contributed by atoms with Crippen LogP contribution in [0.5, 0.6) is 5.75 Å². The van der Waals surface area contributed by atoms with Gasteiger partial charge in [0.2, 0.25) is 0 Å². The second-order valence-corrected chi connectivity index (χ2v) is 3.33. The highest BCUT2D eigenvalue weighted by molar-refractivity contribution is 5.80. The molecule has 3 heteroatoms. The van der Waals surface area contributed by atoms with Crippen LogP contribution >= 0.6 is 0 Å². The SMILES string of the molecule is COc1ccc(C=C(C)C=CC(=O)O)cc1. The molecule has 0 bridgehead atoms. The Morgan fingerprint density at radius 2 is 1.88 bits per heavy atom. The molecular formula is C13H14O3. The van der Waals surface area contributed by atoms with E-state index in [9.17, 15) is 4.79 Å². The monoisotopic (exact) mass is 218 g/mol. The van der Waals surface area contributed by atoms with E-state index in [1.807, 2.05) is 37.3 Å². The lowest BCUT2D eigenvalue weighted by atomic mass is 10.1. The highest BCUT2D eigenvalue weighted by Gasteiger charge is 1.92. The van der Waals surface area contributed by atoms with E-state index in [0.29, 0.717) is 0 Å². The van der Waals surface area contributed by atoms with Crippen LogP contribution in [0.4, 0.5) is 0 Å². The van der Waals surface area contributed by atoms with Gasteiger partial charge in [-0.25, -0.2) is 4.79 Å². The third kappa shape index (κ3) is 4.00. The summed E-state index contributed by atoms with van der Waals surface area (Å²) in [4.78, 5) is 10.3. The Morgan fingerprint density at radius 1 is 1.25 bits per heavy atom. The van der Waals surface area contributed by atoms with Crippen molar-refractivity contribution in [2.24, 2.45) is 0 Å². The average molecular weight is 218 g/mol. The lowest BCUT2D eigenvalue weighted by Gasteiger charge is -1.99. The average Bonchev–Trinajstić information content (AvgIpc) is 2.27. The number of benzene rings is 1. The van der Waals surface area contributed by atoms with Gasteiger partial charge in [-0.05, 0) is 24.6 Å². The highest BCUT2D eigenvalue weighted by atomic mass is 16.5.